The van der Waals surface area contributed by atoms with Crippen LogP contribution in [0.5, 0.6) is 0 Å². The van der Waals surface area contributed by atoms with Gasteiger partial charge >= 0.3 is 0 Å². The van der Waals surface area contributed by atoms with Crippen molar-refractivity contribution in [3.8, 4) is 0 Å². The molecule has 90 valence electrons. The summed E-state index contributed by atoms with van der Waals surface area (Å²) in [6.07, 6.45) is 4.50. The van der Waals surface area contributed by atoms with Crippen molar-refractivity contribution in [3.63, 3.8) is 0 Å². The van der Waals surface area contributed by atoms with Gasteiger partial charge in [-0.3, -0.25) is 4.98 Å². The largest absolute Gasteiger partial charge is 0.265 e. The lowest BCUT2D eigenvalue weighted by Crippen LogP contribution is -2.32. The third-order valence-corrected chi connectivity index (χ3v) is 5.71. The number of alkyl halides is 1. The van der Waals surface area contributed by atoms with E-state index < -0.39 is 14.6 Å². The number of halogens is 1. The minimum Gasteiger partial charge on any atom is -0.265 e. The summed E-state index contributed by atoms with van der Waals surface area (Å²) in [4.78, 5) is 4.18. The van der Waals surface area contributed by atoms with Crippen LogP contribution in [0, 0.1) is 0 Å². The van der Waals surface area contributed by atoms with Crippen LogP contribution in [0.4, 0.5) is 0 Å². The molecule has 0 saturated heterocycles. The Balaban J connectivity index is 3.02. The fourth-order valence-corrected chi connectivity index (χ4v) is 3.27. The van der Waals surface area contributed by atoms with Crippen LogP contribution in [0.2, 0.25) is 0 Å². The summed E-state index contributed by atoms with van der Waals surface area (Å²) < 4.78 is 23.9. The molecule has 16 heavy (non-hydrogen) atoms. The maximum atomic E-state index is 12.3. The molecule has 0 atom stereocenters. The van der Waals surface area contributed by atoms with E-state index in [2.05, 4.69) is 20.9 Å². The van der Waals surface area contributed by atoms with Gasteiger partial charge in [-0.25, -0.2) is 8.42 Å². The molecule has 0 radical (unpaired) electrons. The Morgan fingerprint density at radius 1 is 1.31 bits per heavy atom. The van der Waals surface area contributed by atoms with Gasteiger partial charge in [0.2, 0.25) is 0 Å². The summed E-state index contributed by atoms with van der Waals surface area (Å²) in [5.74, 6) is 0. The van der Waals surface area contributed by atoms with Crippen LogP contribution in [0.1, 0.15) is 26.7 Å². The molecule has 0 N–H and O–H groups in total. The van der Waals surface area contributed by atoms with Crippen molar-refractivity contribution < 1.29 is 8.42 Å². The first-order valence-electron chi connectivity index (χ1n) is 5.12. The molecule has 1 aromatic heterocycles. The summed E-state index contributed by atoms with van der Waals surface area (Å²) in [7, 11) is -3.27. The number of pyridine rings is 1. The Morgan fingerprint density at radius 3 is 2.38 bits per heavy atom. The van der Waals surface area contributed by atoms with E-state index in [1.165, 1.54) is 12.4 Å². The fourth-order valence-electron chi connectivity index (χ4n) is 1.46. The zero-order valence-electron chi connectivity index (χ0n) is 9.48. The third-order valence-electron chi connectivity index (χ3n) is 2.60. The monoisotopic (exact) mass is 305 g/mol. The number of sulfone groups is 1. The minimum atomic E-state index is -3.27. The minimum absolute atomic E-state index is 0.349. The molecule has 0 aliphatic carbocycles. The molecular formula is C11H16BrNO2S. The maximum Gasteiger partial charge on any atom is 0.183 e. The topological polar surface area (TPSA) is 47.0 Å². The van der Waals surface area contributed by atoms with Gasteiger partial charge in [-0.15, -0.1) is 0 Å². The van der Waals surface area contributed by atoms with E-state index in [0.717, 1.165) is 11.8 Å². The van der Waals surface area contributed by atoms with Gasteiger partial charge in [0.1, 0.15) is 0 Å². The van der Waals surface area contributed by atoms with Crippen LogP contribution >= 0.6 is 15.9 Å². The average molecular weight is 306 g/mol. The maximum absolute atomic E-state index is 12.3. The van der Waals surface area contributed by atoms with E-state index in [1.54, 1.807) is 26.0 Å². The summed E-state index contributed by atoms with van der Waals surface area (Å²) in [6, 6.07) is 3.09. The molecule has 0 saturated carbocycles. The van der Waals surface area contributed by atoms with E-state index in [-0.39, 0.29) is 0 Å². The summed E-state index contributed by atoms with van der Waals surface area (Å²) in [5, 5.41) is 0.822. The highest BCUT2D eigenvalue weighted by Gasteiger charge is 2.34. The van der Waals surface area contributed by atoms with Gasteiger partial charge in [0, 0.05) is 17.7 Å². The van der Waals surface area contributed by atoms with Gasteiger partial charge < -0.3 is 0 Å². The standard InChI is InChI=1S/C11H16BrNO2S/c1-11(2,6-3-7-12)16(14,15)10-4-8-13-9-5-10/h4-5,8-9H,3,6-7H2,1-2H3. The second-order valence-corrected chi connectivity index (χ2v) is 7.62. The molecule has 0 aliphatic rings. The predicted octanol–water partition coefficient (Wildman–Crippen LogP) is 2.81. The Bertz CT molecular complexity index is 429. The smallest absolute Gasteiger partial charge is 0.183 e. The van der Waals surface area contributed by atoms with Crippen LogP contribution in [0.3, 0.4) is 0 Å². The van der Waals surface area contributed by atoms with Crippen LogP contribution in [-0.4, -0.2) is 23.5 Å². The van der Waals surface area contributed by atoms with E-state index >= 15 is 0 Å². The SMILES string of the molecule is CC(C)(CCCBr)S(=O)(=O)c1ccncc1. The zero-order valence-corrected chi connectivity index (χ0v) is 11.9. The highest BCUT2D eigenvalue weighted by Crippen LogP contribution is 2.29. The van der Waals surface area contributed by atoms with Gasteiger partial charge in [-0.1, -0.05) is 15.9 Å². The third kappa shape index (κ3) is 2.83. The van der Waals surface area contributed by atoms with E-state index in [1.807, 2.05) is 0 Å². The quantitative estimate of drug-likeness (QED) is 0.786. The van der Waals surface area contributed by atoms with Crippen molar-refractivity contribution in [1.82, 2.24) is 4.98 Å². The van der Waals surface area contributed by atoms with Crippen molar-refractivity contribution in [2.24, 2.45) is 0 Å². The molecule has 3 nitrogen and oxygen atoms in total. The Morgan fingerprint density at radius 2 is 1.88 bits per heavy atom. The van der Waals surface area contributed by atoms with E-state index in [4.69, 9.17) is 0 Å². The highest BCUT2D eigenvalue weighted by atomic mass is 79.9. The first-order valence-corrected chi connectivity index (χ1v) is 7.73. The van der Waals surface area contributed by atoms with Gasteiger partial charge in [-0.05, 0) is 38.8 Å². The molecule has 1 rings (SSSR count). The van der Waals surface area contributed by atoms with Gasteiger partial charge in [0.25, 0.3) is 0 Å². The van der Waals surface area contributed by atoms with Gasteiger partial charge in [-0.2, -0.15) is 0 Å². The Hall–Kier alpha value is -0.420. The number of aromatic nitrogens is 1. The number of hydrogen-bond donors (Lipinski definition) is 0. The van der Waals surface area contributed by atoms with Crippen molar-refractivity contribution in [2.75, 3.05) is 5.33 Å². The number of rotatable bonds is 5. The molecule has 0 aromatic carbocycles. The molecule has 0 spiro atoms. The number of nitrogens with zero attached hydrogens (tertiary/aromatic N) is 1. The van der Waals surface area contributed by atoms with Gasteiger partial charge in [0.05, 0.1) is 9.64 Å². The normalized spacial score (nSPS) is 12.7. The molecule has 0 amide bonds. The second-order valence-electron chi connectivity index (χ2n) is 4.24. The van der Waals surface area contributed by atoms with Crippen molar-refractivity contribution in [2.45, 2.75) is 36.3 Å². The Kier molecular flexibility index (Phi) is 4.50. The predicted molar refractivity (Wildman–Crippen MR) is 68.5 cm³/mol. The molecule has 5 heteroatoms. The molecular weight excluding hydrogens is 290 g/mol. The van der Waals surface area contributed by atoms with Crippen molar-refractivity contribution >= 4 is 25.8 Å². The Labute approximate surface area is 105 Å². The highest BCUT2D eigenvalue weighted by molar-refractivity contribution is 9.09. The van der Waals surface area contributed by atoms with Crippen LogP contribution in [0.25, 0.3) is 0 Å². The van der Waals surface area contributed by atoms with Crippen LogP contribution < -0.4 is 0 Å². The summed E-state index contributed by atoms with van der Waals surface area (Å²) in [6.45, 7) is 3.54. The van der Waals surface area contributed by atoms with Crippen LogP contribution in [0.15, 0.2) is 29.4 Å². The molecule has 0 fully saturated rings. The number of hydrogen-bond acceptors (Lipinski definition) is 3. The average Bonchev–Trinajstić information content (AvgIpc) is 2.27. The fraction of sp³-hybridized carbons (Fsp3) is 0.545. The zero-order chi connectivity index (χ0) is 12.2. The van der Waals surface area contributed by atoms with Crippen LogP contribution in [-0.2, 0) is 9.84 Å². The molecule has 0 aliphatic heterocycles. The van der Waals surface area contributed by atoms with Crippen molar-refractivity contribution in [3.05, 3.63) is 24.5 Å². The lowest BCUT2D eigenvalue weighted by molar-refractivity contribution is 0.524. The molecule has 0 bridgehead atoms. The van der Waals surface area contributed by atoms with E-state index in [9.17, 15) is 8.42 Å². The lowest BCUT2D eigenvalue weighted by Gasteiger charge is -2.24. The van der Waals surface area contributed by atoms with Gasteiger partial charge in [0.15, 0.2) is 9.84 Å². The molecule has 0 unspecified atom stereocenters. The van der Waals surface area contributed by atoms with E-state index in [0.29, 0.717) is 11.3 Å². The second kappa shape index (κ2) is 5.27. The molecule has 1 aromatic rings. The lowest BCUT2D eigenvalue weighted by atomic mass is 10.1. The first kappa shape index (κ1) is 13.6. The summed E-state index contributed by atoms with van der Waals surface area (Å²) >= 11 is 3.32. The summed E-state index contributed by atoms with van der Waals surface area (Å²) in [5.41, 5.74) is 0. The first-order chi connectivity index (χ1) is 7.42. The van der Waals surface area contributed by atoms with Crippen molar-refractivity contribution in [1.29, 1.82) is 0 Å². The molecule has 1 heterocycles.